The number of amides is 2. The van der Waals surface area contributed by atoms with Crippen LogP contribution in [0.15, 0.2) is 41.9 Å². The van der Waals surface area contributed by atoms with E-state index < -0.39 is 18.5 Å². The summed E-state index contributed by atoms with van der Waals surface area (Å²) in [5.41, 5.74) is 0.513. The normalized spacial score (nSPS) is 9.89. The Balaban J connectivity index is 2.18. The summed E-state index contributed by atoms with van der Waals surface area (Å²) in [5.74, 6) is -1.09. The number of carboxylic acids is 1. The molecule has 1 aromatic heterocycles. The lowest BCUT2D eigenvalue weighted by Crippen LogP contribution is -2.38. The van der Waals surface area contributed by atoms with Crippen molar-refractivity contribution in [3.8, 4) is 0 Å². The Kier molecular flexibility index (Phi) is 4.09. The third kappa shape index (κ3) is 3.52. The van der Waals surface area contributed by atoms with Crippen molar-refractivity contribution in [2.24, 2.45) is 0 Å². The molecule has 1 heterocycles. The van der Waals surface area contributed by atoms with Gasteiger partial charge in [-0.25, -0.2) is 9.78 Å². The average Bonchev–Trinajstić information content (AvgIpc) is 2.89. The Labute approximate surface area is 113 Å². The van der Waals surface area contributed by atoms with Crippen LogP contribution in [0.2, 0.25) is 0 Å². The van der Waals surface area contributed by atoms with Gasteiger partial charge in [0.1, 0.15) is 6.54 Å². The molecule has 0 unspecified atom stereocenters. The van der Waals surface area contributed by atoms with Crippen LogP contribution in [-0.2, 0) is 4.79 Å². The zero-order valence-electron chi connectivity index (χ0n) is 9.81. The SMILES string of the molecule is O=C(O)CN(C(=O)Nc1nccs1)c1ccccc1. The maximum absolute atomic E-state index is 12.1. The fourth-order valence-corrected chi connectivity index (χ4v) is 1.99. The summed E-state index contributed by atoms with van der Waals surface area (Å²) in [5, 5.41) is 13.6. The van der Waals surface area contributed by atoms with Crippen molar-refractivity contribution in [1.29, 1.82) is 0 Å². The average molecular weight is 277 g/mol. The van der Waals surface area contributed by atoms with Crippen molar-refractivity contribution in [1.82, 2.24) is 4.98 Å². The summed E-state index contributed by atoms with van der Waals surface area (Å²) in [4.78, 5) is 28.0. The first-order valence-electron chi connectivity index (χ1n) is 5.41. The first-order chi connectivity index (χ1) is 9.16. The number of aromatic nitrogens is 1. The summed E-state index contributed by atoms with van der Waals surface area (Å²) in [7, 11) is 0. The first kappa shape index (κ1) is 13.0. The summed E-state index contributed by atoms with van der Waals surface area (Å²) in [6, 6.07) is 8.08. The maximum atomic E-state index is 12.1. The third-order valence-electron chi connectivity index (χ3n) is 2.25. The van der Waals surface area contributed by atoms with Crippen LogP contribution >= 0.6 is 11.3 Å². The molecule has 0 radical (unpaired) electrons. The summed E-state index contributed by atoms with van der Waals surface area (Å²) in [6.07, 6.45) is 1.56. The molecule has 0 bridgehead atoms. The Morgan fingerprint density at radius 3 is 2.63 bits per heavy atom. The molecule has 0 saturated heterocycles. The second kappa shape index (κ2) is 5.96. The number of carbonyl (C=O) groups excluding carboxylic acids is 1. The van der Waals surface area contributed by atoms with E-state index in [0.29, 0.717) is 10.8 Å². The van der Waals surface area contributed by atoms with Crippen molar-refractivity contribution >= 4 is 34.2 Å². The van der Waals surface area contributed by atoms with Gasteiger partial charge in [0.15, 0.2) is 5.13 Å². The van der Waals surface area contributed by atoms with E-state index in [0.717, 1.165) is 4.90 Å². The van der Waals surface area contributed by atoms with E-state index >= 15 is 0 Å². The minimum Gasteiger partial charge on any atom is -0.480 e. The molecule has 0 aliphatic rings. The summed E-state index contributed by atoms with van der Waals surface area (Å²) >= 11 is 1.27. The van der Waals surface area contributed by atoms with Crippen molar-refractivity contribution in [2.45, 2.75) is 0 Å². The van der Waals surface area contributed by atoms with Gasteiger partial charge < -0.3 is 5.11 Å². The Morgan fingerprint density at radius 2 is 2.05 bits per heavy atom. The van der Waals surface area contributed by atoms with Crippen LogP contribution in [0.5, 0.6) is 0 Å². The monoisotopic (exact) mass is 277 g/mol. The molecule has 0 aliphatic heterocycles. The number of hydrogen-bond donors (Lipinski definition) is 2. The lowest BCUT2D eigenvalue weighted by Gasteiger charge is -2.20. The highest BCUT2D eigenvalue weighted by Crippen LogP contribution is 2.16. The van der Waals surface area contributed by atoms with E-state index in [4.69, 9.17) is 5.11 Å². The van der Waals surface area contributed by atoms with Gasteiger partial charge in [0.05, 0.1) is 0 Å². The van der Waals surface area contributed by atoms with Gasteiger partial charge >= 0.3 is 12.0 Å². The van der Waals surface area contributed by atoms with Crippen molar-refractivity contribution in [3.05, 3.63) is 41.9 Å². The summed E-state index contributed by atoms with van der Waals surface area (Å²) < 4.78 is 0. The number of carboxylic acid groups (broad SMARTS) is 1. The highest BCUT2D eigenvalue weighted by Gasteiger charge is 2.19. The van der Waals surface area contributed by atoms with Gasteiger partial charge in [0.25, 0.3) is 0 Å². The molecule has 0 spiro atoms. The third-order valence-corrected chi connectivity index (χ3v) is 2.94. The smallest absolute Gasteiger partial charge is 0.328 e. The fourth-order valence-electron chi connectivity index (χ4n) is 1.47. The Hall–Kier alpha value is -2.41. The van der Waals surface area contributed by atoms with E-state index in [1.54, 1.807) is 41.9 Å². The first-order valence-corrected chi connectivity index (χ1v) is 6.29. The standard InChI is InChI=1S/C12H11N3O3S/c16-10(17)8-15(9-4-2-1-3-5-9)12(18)14-11-13-6-7-19-11/h1-7H,8H2,(H,16,17)(H,13,14,18). The van der Waals surface area contributed by atoms with Crippen LogP contribution in [0, 0.1) is 0 Å². The second-order valence-corrected chi connectivity index (χ2v) is 4.48. The van der Waals surface area contributed by atoms with Crippen LogP contribution in [0.1, 0.15) is 0 Å². The molecule has 2 rings (SSSR count). The van der Waals surface area contributed by atoms with Crippen LogP contribution in [-0.4, -0.2) is 28.6 Å². The van der Waals surface area contributed by atoms with E-state index in [1.165, 1.54) is 11.3 Å². The molecular formula is C12H11N3O3S. The van der Waals surface area contributed by atoms with E-state index in [-0.39, 0.29) is 0 Å². The van der Waals surface area contributed by atoms with E-state index in [2.05, 4.69) is 10.3 Å². The minimum atomic E-state index is -1.09. The van der Waals surface area contributed by atoms with Gasteiger partial charge in [-0.2, -0.15) is 0 Å². The number of nitrogens with one attached hydrogen (secondary N) is 1. The van der Waals surface area contributed by atoms with Crippen LogP contribution in [0.4, 0.5) is 15.6 Å². The van der Waals surface area contributed by atoms with Crippen molar-refractivity contribution < 1.29 is 14.7 Å². The van der Waals surface area contributed by atoms with Gasteiger partial charge in [-0.15, -0.1) is 11.3 Å². The number of thiazole rings is 1. The predicted molar refractivity (Wildman–Crippen MR) is 72.6 cm³/mol. The van der Waals surface area contributed by atoms with Gasteiger partial charge in [-0.05, 0) is 12.1 Å². The molecule has 98 valence electrons. The van der Waals surface area contributed by atoms with Gasteiger partial charge in [-0.1, -0.05) is 18.2 Å². The van der Waals surface area contributed by atoms with Crippen molar-refractivity contribution in [3.63, 3.8) is 0 Å². The number of urea groups is 1. The number of hydrogen-bond acceptors (Lipinski definition) is 4. The molecule has 0 aliphatic carbocycles. The van der Waals surface area contributed by atoms with Gasteiger partial charge in [0, 0.05) is 17.3 Å². The molecule has 2 aromatic rings. The number of anilines is 2. The summed E-state index contributed by atoms with van der Waals surface area (Å²) in [6.45, 7) is -0.415. The Morgan fingerprint density at radius 1 is 1.32 bits per heavy atom. The maximum Gasteiger partial charge on any atom is 0.328 e. The topological polar surface area (TPSA) is 82.5 Å². The fraction of sp³-hybridized carbons (Fsp3) is 0.0833. The molecular weight excluding hydrogens is 266 g/mol. The van der Waals surface area contributed by atoms with Crippen LogP contribution in [0.3, 0.4) is 0 Å². The molecule has 2 N–H and O–H groups in total. The largest absolute Gasteiger partial charge is 0.480 e. The number of carbonyl (C=O) groups is 2. The highest BCUT2D eigenvalue weighted by molar-refractivity contribution is 7.13. The van der Waals surface area contributed by atoms with E-state index in [9.17, 15) is 9.59 Å². The van der Waals surface area contributed by atoms with Gasteiger partial charge in [0.2, 0.25) is 0 Å². The second-order valence-electron chi connectivity index (χ2n) is 3.58. The number of nitrogens with zero attached hydrogens (tertiary/aromatic N) is 2. The molecule has 19 heavy (non-hydrogen) atoms. The zero-order valence-corrected chi connectivity index (χ0v) is 10.6. The van der Waals surface area contributed by atoms with Crippen molar-refractivity contribution in [2.75, 3.05) is 16.8 Å². The Bertz CT molecular complexity index is 557. The van der Waals surface area contributed by atoms with E-state index in [1.807, 2.05) is 0 Å². The van der Waals surface area contributed by atoms with Crippen LogP contribution in [0.25, 0.3) is 0 Å². The van der Waals surface area contributed by atoms with Gasteiger partial charge in [-0.3, -0.25) is 15.0 Å². The molecule has 2 amide bonds. The number of para-hydroxylation sites is 1. The number of benzene rings is 1. The molecule has 7 heteroatoms. The molecule has 1 aromatic carbocycles. The molecule has 6 nitrogen and oxygen atoms in total. The van der Waals surface area contributed by atoms with Crippen LogP contribution < -0.4 is 10.2 Å². The minimum absolute atomic E-state index is 0.415. The number of rotatable bonds is 4. The lowest BCUT2D eigenvalue weighted by atomic mass is 10.3. The molecule has 0 fully saturated rings. The quantitative estimate of drug-likeness (QED) is 0.898. The lowest BCUT2D eigenvalue weighted by molar-refractivity contribution is -0.135. The zero-order chi connectivity index (χ0) is 13.7. The molecule has 0 saturated carbocycles. The predicted octanol–water partition coefficient (Wildman–Crippen LogP) is 2.27. The highest BCUT2D eigenvalue weighted by atomic mass is 32.1. The molecule has 0 atom stereocenters. The number of aliphatic carboxylic acids is 1.